The number of halogens is 3. The van der Waals surface area contributed by atoms with Gasteiger partial charge in [-0.1, -0.05) is 289 Å². The standard InChI is InChI=1S/C43H36BNO2.C43H28BrN.C6H4BrI/c1-41(2)42(3,4)47-44(46-41)31-23-25-35-34-20-12-14-22-39(34)45(40(35)27-31)32-24-26-38-36(28-32)33-19-11-13-21-37(33)43(38,29-15-7-5-8-16-29)30-17-9-6-10-18-30;44-40-21-11-8-17-33(40)29-23-25-36-35-19-9-12-22-41(35)45(42(36)27-29)32-24-26-39-37(28-32)34-18-7-10-20-38(34)43(39,30-13-3-1-4-14-30)31-15-5-2-6-16-31;7-5-3-1-2-4-6(5)8/h5-28H,1-4H3;1-28H;1-4H. The van der Waals surface area contributed by atoms with Gasteiger partial charge in [-0.2, -0.15) is 0 Å². The molecule has 482 valence electrons. The van der Waals surface area contributed by atoms with Crippen LogP contribution in [0.3, 0.4) is 0 Å². The van der Waals surface area contributed by atoms with Gasteiger partial charge in [0.2, 0.25) is 0 Å². The zero-order valence-electron chi connectivity index (χ0n) is 55.8. The summed E-state index contributed by atoms with van der Waals surface area (Å²) >= 11 is 9.45. The molecule has 1 aliphatic heterocycles. The van der Waals surface area contributed by atoms with Crippen LogP contribution in [0, 0.1) is 3.57 Å². The molecule has 0 spiro atoms. The summed E-state index contributed by atoms with van der Waals surface area (Å²) in [6.07, 6.45) is 0. The van der Waals surface area contributed by atoms with Crippen LogP contribution in [0.5, 0.6) is 0 Å². The van der Waals surface area contributed by atoms with E-state index >= 15 is 0 Å². The highest BCUT2D eigenvalue weighted by molar-refractivity contribution is 14.1. The molecule has 14 aromatic carbocycles. The second-order valence-corrected chi connectivity index (χ2v) is 30.1. The van der Waals surface area contributed by atoms with E-state index in [0.29, 0.717) is 0 Å². The Morgan fingerprint density at radius 1 is 0.300 bits per heavy atom. The van der Waals surface area contributed by atoms with Gasteiger partial charge in [-0.05, 0) is 216 Å². The molecule has 0 amide bonds. The molecule has 19 rings (SSSR count). The number of benzene rings is 14. The maximum absolute atomic E-state index is 6.49. The first-order valence-electron chi connectivity index (χ1n) is 34.1. The predicted octanol–water partition coefficient (Wildman–Crippen LogP) is 24.1. The molecule has 0 saturated carbocycles. The number of fused-ring (bicyclic) bond motifs is 12. The van der Waals surface area contributed by atoms with Crippen LogP contribution in [0.15, 0.2) is 349 Å². The van der Waals surface area contributed by atoms with E-state index in [4.69, 9.17) is 9.31 Å². The number of hydrogen-bond acceptors (Lipinski definition) is 2. The average molecular weight is 1530 g/mol. The van der Waals surface area contributed by atoms with E-state index < -0.39 is 29.2 Å². The van der Waals surface area contributed by atoms with Crippen molar-refractivity contribution in [2.24, 2.45) is 0 Å². The molecule has 2 aromatic heterocycles. The van der Waals surface area contributed by atoms with Crippen LogP contribution in [-0.2, 0) is 20.1 Å². The smallest absolute Gasteiger partial charge is 0.399 e. The molecular formula is C92H68BBr2IN2O2. The Hall–Kier alpha value is -9.65. The van der Waals surface area contributed by atoms with Gasteiger partial charge in [0.15, 0.2) is 0 Å². The molecule has 16 aromatic rings. The SMILES string of the molecule is Brc1ccccc1-c1ccc2c3ccccc3n(-c3ccc4c(c3)-c3ccccc3C4(c3ccccc3)c3ccccc3)c2c1.Brc1ccccc1I.CC1(C)OB(c2ccc3c4ccccc4n(-c4ccc5c(c4)-c4ccccc4C5(c4ccccc4)c4ccccc4)c3c2)OC1(C)C. The third-order valence-electron chi connectivity index (χ3n) is 21.3. The molecule has 4 nitrogen and oxygen atoms in total. The lowest BCUT2D eigenvalue weighted by Gasteiger charge is -2.33. The molecule has 3 aliphatic rings. The van der Waals surface area contributed by atoms with Crippen molar-refractivity contribution in [2.45, 2.75) is 49.7 Å². The largest absolute Gasteiger partial charge is 0.494 e. The predicted molar refractivity (Wildman–Crippen MR) is 432 cm³/mol. The highest BCUT2D eigenvalue weighted by atomic mass is 127. The van der Waals surface area contributed by atoms with Gasteiger partial charge >= 0.3 is 7.12 Å². The average Bonchev–Trinajstić information content (AvgIpc) is 1.53. The molecule has 2 aliphatic carbocycles. The monoisotopic (exact) mass is 1530 g/mol. The Labute approximate surface area is 615 Å². The lowest BCUT2D eigenvalue weighted by Crippen LogP contribution is -2.41. The fraction of sp³-hybridized carbons (Fsp3) is 0.0870. The van der Waals surface area contributed by atoms with E-state index in [2.05, 4.69) is 413 Å². The number of para-hydroxylation sites is 2. The molecule has 0 N–H and O–H groups in total. The Balaban J connectivity index is 0.000000135. The first kappa shape index (κ1) is 63.8. The zero-order valence-corrected chi connectivity index (χ0v) is 61.1. The molecule has 100 heavy (non-hydrogen) atoms. The number of aromatic nitrogens is 2. The van der Waals surface area contributed by atoms with Gasteiger partial charge in [0.25, 0.3) is 0 Å². The molecule has 0 atom stereocenters. The molecule has 0 bridgehead atoms. The lowest BCUT2D eigenvalue weighted by molar-refractivity contribution is 0.00578. The van der Waals surface area contributed by atoms with Crippen LogP contribution in [0.1, 0.15) is 72.2 Å². The van der Waals surface area contributed by atoms with Crippen LogP contribution in [-0.4, -0.2) is 27.5 Å². The normalized spacial score (nSPS) is 14.8. The van der Waals surface area contributed by atoms with Crippen LogP contribution >= 0.6 is 54.5 Å². The number of rotatable bonds is 8. The minimum Gasteiger partial charge on any atom is -0.399 e. The van der Waals surface area contributed by atoms with E-state index in [0.717, 1.165) is 26.8 Å². The van der Waals surface area contributed by atoms with Crippen LogP contribution in [0.2, 0.25) is 0 Å². The van der Waals surface area contributed by atoms with Gasteiger partial charge in [0, 0.05) is 45.4 Å². The fourth-order valence-corrected chi connectivity index (χ4v) is 17.3. The Bertz CT molecular complexity index is 5690. The van der Waals surface area contributed by atoms with E-state index in [1.165, 1.54) is 124 Å². The van der Waals surface area contributed by atoms with E-state index in [1.807, 2.05) is 18.2 Å². The van der Waals surface area contributed by atoms with Gasteiger partial charge in [-0.15, -0.1) is 0 Å². The van der Waals surface area contributed by atoms with Gasteiger partial charge in [-0.3, -0.25) is 0 Å². The maximum atomic E-state index is 6.49. The molecule has 1 saturated heterocycles. The maximum Gasteiger partial charge on any atom is 0.494 e. The summed E-state index contributed by atoms with van der Waals surface area (Å²) in [5.74, 6) is 0. The number of hydrogen-bond donors (Lipinski definition) is 0. The summed E-state index contributed by atoms with van der Waals surface area (Å²) in [4.78, 5) is 0. The van der Waals surface area contributed by atoms with E-state index in [1.54, 1.807) is 0 Å². The first-order chi connectivity index (χ1) is 48.8. The minimum absolute atomic E-state index is 0.402. The second-order valence-electron chi connectivity index (χ2n) is 27.2. The van der Waals surface area contributed by atoms with Gasteiger partial charge in [0.1, 0.15) is 0 Å². The Morgan fingerprint density at radius 2 is 0.660 bits per heavy atom. The van der Waals surface area contributed by atoms with Crippen LogP contribution < -0.4 is 5.46 Å². The zero-order chi connectivity index (χ0) is 67.9. The highest BCUT2D eigenvalue weighted by Crippen LogP contribution is 2.59. The van der Waals surface area contributed by atoms with Crippen molar-refractivity contribution in [2.75, 3.05) is 0 Å². The third-order valence-corrected chi connectivity index (χ3v) is 24.4. The van der Waals surface area contributed by atoms with Crippen molar-refractivity contribution in [3.05, 3.63) is 397 Å². The molecule has 1 fully saturated rings. The topological polar surface area (TPSA) is 28.3 Å². The lowest BCUT2D eigenvalue weighted by atomic mass is 9.68. The minimum atomic E-state index is -0.430. The summed E-state index contributed by atoms with van der Waals surface area (Å²) in [5.41, 5.74) is 24.3. The van der Waals surface area contributed by atoms with Crippen molar-refractivity contribution in [1.29, 1.82) is 0 Å². The Morgan fingerprint density at radius 3 is 1.10 bits per heavy atom. The van der Waals surface area contributed by atoms with Crippen molar-refractivity contribution < 1.29 is 9.31 Å². The molecule has 8 heteroatoms. The van der Waals surface area contributed by atoms with Gasteiger partial charge in [-0.25, -0.2) is 0 Å². The molecular weight excluding hydrogens is 1460 g/mol. The van der Waals surface area contributed by atoms with E-state index in [-0.39, 0.29) is 0 Å². The number of nitrogens with zero attached hydrogens (tertiary/aromatic N) is 2. The summed E-state index contributed by atoms with van der Waals surface area (Å²) in [6.45, 7) is 8.43. The third kappa shape index (κ3) is 10.3. The molecule has 0 unspecified atom stereocenters. The van der Waals surface area contributed by atoms with Gasteiger partial charge < -0.3 is 18.4 Å². The molecule has 3 heterocycles. The highest BCUT2D eigenvalue weighted by Gasteiger charge is 2.52. The first-order valence-corrected chi connectivity index (χ1v) is 36.8. The van der Waals surface area contributed by atoms with Crippen molar-refractivity contribution >= 4 is 111 Å². The summed E-state index contributed by atoms with van der Waals surface area (Å²) in [7, 11) is -0.430. The Kier molecular flexibility index (Phi) is 16.3. The van der Waals surface area contributed by atoms with Gasteiger partial charge in [0.05, 0.1) is 44.1 Å². The summed E-state index contributed by atoms with van der Waals surface area (Å²) in [5, 5.41) is 4.96. The van der Waals surface area contributed by atoms with Crippen molar-refractivity contribution in [3.8, 4) is 44.8 Å². The fourth-order valence-electron chi connectivity index (χ4n) is 16.1. The van der Waals surface area contributed by atoms with Crippen molar-refractivity contribution in [1.82, 2.24) is 9.13 Å². The van der Waals surface area contributed by atoms with Crippen LogP contribution in [0.25, 0.3) is 88.4 Å². The second kappa shape index (κ2) is 25.5. The molecule has 0 radical (unpaired) electrons. The summed E-state index contributed by atoms with van der Waals surface area (Å²) < 4.78 is 21.4. The summed E-state index contributed by atoms with van der Waals surface area (Å²) in [6, 6.07) is 124. The van der Waals surface area contributed by atoms with E-state index in [9.17, 15) is 0 Å². The quantitative estimate of drug-likeness (QED) is 0.112. The van der Waals surface area contributed by atoms with Crippen LogP contribution in [0.4, 0.5) is 0 Å². The van der Waals surface area contributed by atoms with Crippen molar-refractivity contribution in [3.63, 3.8) is 0 Å².